The Hall–Kier alpha value is -0.250. The fraction of sp³-hybridized carbons (Fsp3) is 0.933. The van der Waals surface area contributed by atoms with Crippen molar-refractivity contribution in [1.82, 2.24) is 0 Å². The molecule has 19 heavy (non-hydrogen) atoms. The number of carbonyl (C=O) groups excluding carboxylic acids is 1. The Kier molecular flexibility index (Phi) is 12.6. The summed E-state index contributed by atoms with van der Waals surface area (Å²) >= 11 is 1.63. The van der Waals surface area contributed by atoms with E-state index in [-0.39, 0.29) is 11.2 Å². The number of hydrogen-bond donors (Lipinski definition) is 0. The summed E-state index contributed by atoms with van der Waals surface area (Å²) in [5, 5.41) is -0.0620. The van der Waals surface area contributed by atoms with Crippen LogP contribution in [0.5, 0.6) is 0 Å². The van der Waals surface area contributed by atoms with Crippen LogP contribution in [0.25, 0.3) is 0 Å². The first-order valence-electron chi connectivity index (χ1n) is 7.54. The molecule has 0 N–H and O–H groups in total. The summed E-state index contributed by atoms with van der Waals surface area (Å²) in [5.74, 6) is 0.753. The van der Waals surface area contributed by atoms with Gasteiger partial charge in [0.1, 0.15) is 5.25 Å². The van der Waals surface area contributed by atoms with E-state index in [2.05, 4.69) is 6.92 Å². The van der Waals surface area contributed by atoms with Crippen molar-refractivity contribution >= 4 is 17.7 Å². The molecule has 0 aromatic rings. The van der Waals surface area contributed by atoms with Crippen molar-refractivity contribution in [3.05, 3.63) is 0 Å². The first-order chi connectivity index (χ1) is 9.11. The molecule has 2 unspecified atom stereocenters. The molecule has 0 amide bonds. The smallest absolute Gasteiger partial charge is 0.319 e. The molecule has 0 aliphatic heterocycles. The minimum absolute atomic E-state index is 0.0620. The standard InChI is InChI=1S/C15H29FO2S/c1-4-6-7-10-14(15(17)18-11-5-2)19-12-8-9-13(3)16/h13-14H,4-12H2,1-3H3. The van der Waals surface area contributed by atoms with Crippen molar-refractivity contribution in [3.8, 4) is 0 Å². The van der Waals surface area contributed by atoms with Gasteiger partial charge in [-0.25, -0.2) is 4.39 Å². The minimum Gasteiger partial charge on any atom is -0.465 e. The van der Waals surface area contributed by atoms with Crippen LogP contribution in [0.2, 0.25) is 0 Å². The fourth-order valence-corrected chi connectivity index (χ4v) is 2.89. The zero-order valence-electron chi connectivity index (χ0n) is 12.6. The minimum atomic E-state index is -0.744. The van der Waals surface area contributed by atoms with Crippen molar-refractivity contribution in [2.45, 2.75) is 77.1 Å². The average molecular weight is 292 g/mol. The van der Waals surface area contributed by atoms with Gasteiger partial charge in [0.2, 0.25) is 0 Å². The Morgan fingerprint density at radius 1 is 1.16 bits per heavy atom. The number of carbonyl (C=O) groups is 1. The van der Waals surface area contributed by atoms with Crippen molar-refractivity contribution in [2.24, 2.45) is 0 Å². The van der Waals surface area contributed by atoms with Gasteiger partial charge in [-0.15, -0.1) is 11.8 Å². The van der Waals surface area contributed by atoms with Crippen LogP contribution in [-0.2, 0) is 9.53 Å². The summed E-state index contributed by atoms with van der Waals surface area (Å²) in [4.78, 5) is 11.9. The van der Waals surface area contributed by atoms with Gasteiger partial charge in [0, 0.05) is 0 Å². The van der Waals surface area contributed by atoms with Gasteiger partial charge in [0.25, 0.3) is 0 Å². The van der Waals surface area contributed by atoms with Gasteiger partial charge in [-0.05, 0) is 38.4 Å². The molecule has 0 radical (unpaired) electrons. The molecule has 0 heterocycles. The Morgan fingerprint density at radius 3 is 2.47 bits per heavy atom. The van der Waals surface area contributed by atoms with E-state index in [9.17, 15) is 9.18 Å². The molecule has 0 saturated heterocycles. The third-order valence-corrected chi connectivity index (χ3v) is 4.20. The number of unbranched alkanes of at least 4 members (excludes halogenated alkanes) is 2. The van der Waals surface area contributed by atoms with Gasteiger partial charge in [-0.1, -0.05) is 33.1 Å². The normalized spacial score (nSPS) is 14.1. The van der Waals surface area contributed by atoms with E-state index in [1.807, 2.05) is 6.92 Å². The molecule has 0 fully saturated rings. The van der Waals surface area contributed by atoms with Gasteiger partial charge in [-0.3, -0.25) is 4.79 Å². The van der Waals surface area contributed by atoms with Gasteiger partial charge in [0.15, 0.2) is 0 Å². The van der Waals surface area contributed by atoms with E-state index in [1.165, 1.54) is 0 Å². The molecular formula is C15H29FO2S. The lowest BCUT2D eigenvalue weighted by Gasteiger charge is -2.15. The topological polar surface area (TPSA) is 26.3 Å². The Labute approximate surface area is 121 Å². The molecule has 0 spiro atoms. The van der Waals surface area contributed by atoms with Crippen LogP contribution < -0.4 is 0 Å². The third kappa shape index (κ3) is 11.3. The first-order valence-corrected chi connectivity index (χ1v) is 8.59. The van der Waals surface area contributed by atoms with E-state index in [0.29, 0.717) is 13.0 Å². The molecule has 2 atom stereocenters. The number of hydrogen-bond acceptors (Lipinski definition) is 3. The van der Waals surface area contributed by atoms with E-state index in [0.717, 1.165) is 44.3 Å². The number of thioether (sulfide) groups is 1. The molecule has 2 nitrogen and oxygen atoms in total. The van der Waals surface area contributed by atoms with Crippen LogP contribution in [0.1, 0.15) is 65.7 Å². The summed E-state index contributed by atoms with van der Waals surface area (Å²) < 4.78 is 17.9. The monoisotopic (exact) mass is 292 g/mol. The maximum atomic E-state index is 12.7. The lowest BCUT2D eigenvalue weighted by Crippen LogP contribution is -2.21. The highest BCUT2D eigenvalue weighted by Crippen LogP contribution is 2.21. The number of alkyl halides is 1. The zero-order chi connectivity index (χ0) is 14.5. The van der Waals surface area contributed by atoms with Crippen LogP contribution in [0.4, 0.5) is 4.39 Å². The van der Waals surface area contributed by atoms with Crippen LogP contribution >= 0.6 is 11.8 Å². The molecule has 0 aromatic heterocycles. The molecular weight excluding hydrogens is 263 g/mol. The van der Waals surface area contributed by atoms with Gasteiger partial charge in [0.05, 0.1) is 12.8 Å². The van der Waals surface area contributed by atoms with Crippen LogP contribution in [-0.4, -0.2) is 29.8 Å². The SMILES string of the molecule is CCCCCC(SCCCC(C)F)C(=O)OCCC. The molecule has 4 heteroatoms. The maximum Gasteiger partial charge on any atom is 0.319 e. The second kappa shape index (κ2) is 12.8. The van der Waals surface area contributed by atoms with Crippen LogP contribution in [0, 0.1) is 0 Å². The summed E-state index contributed by atoms with van der Waals surface area (Å²) in [7, 11) is 0. The number of esters is 1. The summed E-state index contributed by atoms with van der Waals surface area (Å²) in [6.45, 7) is 6.24. The highest BCUT2D eigenvalue weighted by Gasteiger charge is 2.19. The molecule has 0 aromatic carbocycles. The quantitative estimate of drug-likeness (QED) is 0.383. The molecule has 114 valence electrons. The highest BCUT2D eigenvalue weighted by molar-refractivity contribution is 8.00. The van der Waals surface area contributed by atoms with E-state index < -0.39 is 6.17 Å². The highest BCUT2D eigenvalue weighted by atomic mass is 32.2. The van der Waals surface area contributed by atoms with E-state index in [1.54, 1.807) is 18.7 Å². The van der Waals surface area contributed by atoms with Crippen molar-refractivity contribution in [2.75, 3.05) is 12.4 Å². The van der Waals surface area contributed by atoms with Crippen molar-refractivity contribution < 1.29 is 13.9 Å². The van der Waals surface area contributed by atoms with Gasteiger partial charge < -0.3 is 4.74 Å². The maximum absolute atomic E-state index is 12.7. The van der Waals surface area contributed by atoms with E-state index >= 15 is 0 Å². The van der Waals surface area contributed by atoms with Crippen molar-refractivity contribution in [1.29, 1.82) is 0 Å². The molecule has 0 aliphatic rings. The summed E-state index contributed by atoms with van der Waals surface area (Å²) in [6.07, 6.45) is 5.77. The number of rotatable bonds is 12. The zero-order valence-corrected chi connectivity index (χ0v) is 13.4. The number of ether oxygens (including phenoxy) is 1. The third-order valence-electron chi connectivity index (χ3n) is 2.85. The number of halogens is 1. The predicted octanol–water partition coefficient (Wildman–Crippen LogP) is 4.76. The van der Waals surface area contributed by atoms with Crippen LogP contribution in [0.15, 0.2) is 0 Å². The second-order valence-electron chi connectivity index (χ2n) is 4.95. The predicted molar refractivity (Wildman–Crippen MR) is 81.4 cm³/mol. The Morgan fingerprint density at radius 2 is 1.89 bits per heavy atom. The Bertz CT molecular complexity index is 222. The molecule has 0 aliphatic carbocycles. The first kappa shape index (κ1) is 18.8. The lowest BCUT2D eigenvalue weighted by atomic mass is 10.1. The fourth-order valence-electron chi connectivity index (χ4n) is 1.73. The van der Waals surface area contributed by atoms with Crippen molar-refractivity contribution in [3.63, 3.8) is 0 Å². The second-order valence-corrected chi connectivity index (χ2v) is 6.26. The molecule has 0 rings (SSSR count). The summed E-state index contributed by atoms with van der Waals surface area (Å²) in [5.41, 5.74) is 0. The van der Waals surface area contributed by atoms with Gasteiger partial charge >= 0.3 is 5.97 Å². The molecule has 0 saturated carbocycles. The Balaban J connectivity index is 3.98. The average Bonchev–Trinajstić information content (AvgIpc) is 2.38. The molecule has 0 bridgehead atoms. The largest absolute Gasteiger partial charge is 0.465 e. The lowest BCUT2D eigenvalue weighted by molar-refractivity contribution is -0.143. The van der Waals surface area contributed by atoms with Gasteiger partial charge in [-0.2, -0.15) is 0 Å². The van der Waals surface area contributed by atoms with E-state index in [4.69, 9.17) is 4.74 Å². The summed E-state index contributed by atoms with van der Waals surface area (Å²) in [6, 6.07) is 0. The van der Waals surface area contributed by atoms with Crippen LogP contribution in [0.3, 0.4) is 0 Å².